The summed E-state index contributed by atoms with van der Waals surface area (Å²) in [4.78, 5) is 24.2. The lowest BCUT2D eigenvalue weighted by Crippen LogP contribution is -2.43. The van der Waals surface area contributed by atoms with Crippen LogP contribution >= 0.6 is 0 Å². The Kier molecular flexibility index (Phi) is 6.70. The lowest BCUT2D eigenvalue weighted by molar-refractivity contribution is -0.143. The number of methoxy groups -OCH3 is 1. The predicted molar refractivity (Wildman–Crippen MR) is 57.4 cm³/mol. The van der Waals surface area contributed by atoms with E-state index in [0.717, 1.165) is 0 Å². The molecule has 0 saturated carbocycles. The number of nitrogens with zero attached hydrogens (tertiary/aromatic N) is 1. The van der Waals surface area contributed by atoms with Crippen molar-refractivity contribution < 1.29 is 14.3 Å². The van der Waals surface area contributed by atoms with Crippen LogP contribution in [0.1, 0.15) is 20.3 Å². The number of carbonyl (C=O) groups is 2. The Hall–Kier alpha value is -1.10. The zero-order valence-electron chi connectivity index (χ0n) is 9.87. The zero-order valence-corrected chi connectivity index (χ0v) is 9.87. The molecule has 0 aromatic rings. The van der Waals surface area contributed by atoms with Crippen molar-refractivity contribution in [1.29, 1.82) is 0 Å². The van der Waals surface area contributed by atoms with Crippen LogP contribution in [0.25, 0.3) is 0 Å². The molecule has 5 heteroatoms. The Morgan fingerprint density at radius 2 is 2.00 bits per heavy atom. The summed E-state index contributed by atoms with van der Waals surface area (Å²) in [5, 5.41) is 2.87. The highest BCUT2D eigenvalue weighted by Crippen LogP contribution is 1.94. The molecule has 0 aliphatic rings. The summed E-state index contributed by atoms with van der Waals surface area (Å²) in [7, 11) is 3.07. The molecule has 5 nitrogen and oxygen atoms in total. The first-order valence-corrected chi connectivity index (χ1v) is 5.11. The number of carbonyl (C=O) groups excluding carboxylic acids is 2. The number of ether oxygens (including phenoxy) is 1. The normalized spacial score (nSPS) is 12.0. The third-order valence-electron chi connectivity index (χ3n) is 2.29. The van der Waals surface area contributed by atoms with Crippen LogP contribution in [0.15, 0.2) is 0 Å². The fraction of sp³-hybridized carbons (Fsp3) is 0.800. The van der Waals surface area contributed by atoms with E-state index in [1.807, 2.05) is 13.8 Å². The van der Waals surface area contributed by atoms with Crippen molar-refractivity contribution in [1.82, 2.24) is 10.2 Å². The average molecular weight is 216 g/mol. The number of rotatable bonds is 6. The summed E-state index contributed by atoms with van der Waals surface area (Å²) in [5.74, 6) is -0.357. The second-order valence-corrected chi connectivity index (χ2v) is 3.27. The van der Waals surface area contributed by atoms with E-state index in [9.17, 15) is 9.59 Å². The Morgan fingerprint density at radius 1 is 1.40 bits per heavy atom. The first-order chi connectivity index (χ1) is 7.06. The van der Waals surface area contributed by atoms with Gasteiger partial charge in [-0.25, -0.2) is 0 Å². The van der Waals surface area contributed by atoms with Crippen LogP contribution in [0, 0.1) is 0 Å². The second-order valence-electron chi connectivity index (χ2n) is 3.27. The fourth-order valence-electron chi connectivity index (χ4n) is 1.06. The van der Waals surface area contributed by atoms with Crippen molar-refractivity contribution in [3.05, 3.63) is 0 Å². The quantitative estimate of drug-likeness (QED) is 0.635. The molecule has 0 radical (unpaired) electrons. The van der Waals surface area contributed by atoms with Crippen LogP contribution in [0.4, 0.5) is 0 Å². The van der Waals surface area contributed by atoms with Crippen LogP contribution in [0.3, 0.4) is 0 Å². The van der Waals surface area contributed by atoms with Gasteiger partial charge < -0.3 is 9.64 Å². The highest BCUT2D eigenvalue weighted by Gasteiger charge is 2.17. The molecule has 0 aliphatic heterocycles. The van der Waals surface area contributed by atoms with Gasteiger partial charge in [-0.1, -0.05) is 6.92 Å². The Labute approximate surface area is 90.8 Å². The lowest BCUT2D eigenvalue weighted by Gasteiger charge is -2.18. The molecule has 1 amide bonds. The van der Waals surface area contributed by atoms with Crippen LogP contribution in [0.5, 0.6) is 0 Å². The predicted octanol–water partition coefficient (Wildman–Crippen LogP) is 0.00590. The molecule has 0 heterocycles. The molecular weight excluding hydrogens is 196 g/mol. The maximum absolute atomic E-state index is 11.4. The molecule has 0 bridgehead atoms. The summed E-state index contributed by atoms with van der Waals surface area (Å²) >= 11 is 0. The SMILES string of the molecule is CCC(NCC(=O)N(C)CC)C(=O)OC. The molecular formula is C10H20N2O3. The van der Waals surface area contributed by atoms with Gasteiger partial charge in [0.25, 0.3) is 0 Å². The van der Waals surface area contributed by atoms with Gasteiger partial charge in [0.05, 0.1) is 13.7 Å². The third kappa shape index (κ3) is 4.78. The van der Waals surface area contributed by atoms with Crippen molar-refractivity contribution in [2.24, 2.45) is 0 Å². The van der Waals surface area contributed by atoms with E-state index in [0.29, 0.717) is 13.0 Å². The monoisotopic (exact) mass is 216 g/mol. The number of amides is 1. The van der Waals surface area contributed by atoms with E-state index < -0.39 is 6.04 Å². The largest absolute Gasteiger partial charge is 0.468 e. The Morgan fingerprint density at radius 3 is 2.40 bits per heavy atom. The number of likely N-dealkylation sites (N-methyl/N-ethyl adjacent to an activating group) is 1. The van der Waals surface area contributed by atoms with Gasteiger partial charge in [-0.2, -0.15) is 0 Å². The van der Waals surface area contributed by atoms with E-state index in [4.69, 9.17) is 0 Å². The smallest absolute Gasteiger partial charge is 0.322 e. The molecule has 0 aromatic heterocycles. The summed E-state index contributed by atoms with van der Waals surface area (Å²) in [6, 6.07) is -0.399. The van der Waals surface area contributed by atoms with Gasteiger partial charge in [0.2, 0.25) is 5.91 Å². The van der Waals surface area contributed by atoms with Gasteiger partial charge in [0.1, 0.15) is 6.04 Å². The third-order valence-corrected chi connectivity index (χ3v) is 2.29. The minimum atomic E-state index is -0.399. The van der Waals surface area contributed by atoms with Crippen LogP contribution in [-0.2, 0) is 14.3 Å². The minimum absolute atomic E-state index is 0.0279. The lowest BCUT2D eigenvalue weighted by atomic mass is 10.2. The standard InChI is InChI=1S/C10H20N2O3/c1-5-8(10(14)15-4)11-7-9(13)12(3)6-2/h8,11H,5-7H2,1-4H3. The average Bonchev–Trinajstić information content (AvgIpc) is 2.27. The molecule has 0 rings (SSSR count). The molecule has 0 saturated heterocycles. The molecule has 0 aliphatic carbocycles. The van der Waals surface area contributed by atoms with Gasteiger partial charge in [0, 0.05) is 13.6 Å². The minimum Gasteiger partial charge on any atom is -0.468 e. The van der Waals surface area contributed by atoms with E-state index in [1.54, 1.807) is 11.9 Å². The van der Waals surface area contributed by atoms with Crippen molar-refractivity contribution in [3.63, 3.8) is 0 Å². The highest BCUT2D eigenvalue weighted by molar-refractivity contribution is 5.80. The van der Waals surface area contributed by atoms with Gasteiger partial charge in [-0.05, 0) is 13.3 Å². The second kappa shape index (κ2) is 7.23. The van der Waals surface area contributed by atoms with E-state index in [2.05, 4.69) is 10.1 Å². The van der Waals surface area contributed by atoms with Crippen LogP contribution < -0.4 is 5.32 Å². The zero-order chi connectivity index (χ0) is 11.8. The number of nitrogens with one attached hydrogen (secondary N) is 1. The van der Waals surface area contributed by atoms with Crippen molar-refractivity contribution in [2.75, 3.05) is 27.2 Å². The number of hydrogen-bond donors (Lipinski definition) is 1. The van der Waals surface area contributed by atoms with Crippen LogP contribution in [0.2, 0.25) is 0 Å². The summed E-state index contributed by atoms with van der Waals surface area (Å²) in [6.07, 6.45) is 0.607. The molecule has 0 aromatic carbocycles. The highest BCUT2D eigenvalue weighted by atomic mass is 16.5. The topological polar surface area (TPSA) is 58.6 Å². The number of esters is 1. The van der Waals surface area contributed by atoms with Gasteiger partial charge in [0.15, 0.2) is 0 Å². The first-order valence-electron chi connectivity index (χ1n) is 5.11. The fourth-order valence-corrected chi connectivity index (χ4v) is 1.06. The summed E-state index contributed by atoms with van der Waals surface area (Å²) in [5.41, 5.74) is 0. The van der Waals surface area contributed by atoms with Crippen molar-refractivity contribution in [3.8, 4) is 0 Å². The van der Waals surface area contributed by atoms with Crippen molar-refractivity contribution >= 4 is 11.9 Å². The summed E-state index contributed by atoms with van der Waals surface area (Å²) < 4.78 is 4.60. The molecule has 1 N–H and O–H groups in total. The molecule has 0 spiro atoms. The van der Waals surface area contributed by atoms with Crippen molar-refractivity contribution in [2.45, 2.75) is 26.3 Å². The maximum Gasteiger partial charge on any atom is 0.322 e. The molecule has 15 heavy (non-hydrogen) atoms. The van der Waals surface area contributed by atoms with Gasteiger partial charge in [-0.3, -0.25) is 14.9 Å². The number of hydrogen-bond acceptors (Lipinski definition) is 4. The molecule has 88 valence electrons. The van der Waals surface area contributed by atoms with Gasteiger partial charge >= 0.3 is 5.97 Å². The Balaban J connectivity index is 4.01. The van der Waals surface area contributed by atoms with E-state index >= 15 is 0 Å². The summed E-state index contributed by atoms with van der Waals surface area (Å²) in [6.45, 7) is 4.59. The van der Waals surface area contributed by atoms with E-state index in [-0.39, 0.29) is 18.4 Å². The van der Waals surface area contributed by atoms with E-state index in [1.165, 1.54) is 7.11 Å². The molecule has 1 atom stereocenters. The molecule has 1 unspecified atom stereocenters. The van der Waals surface area contributed by atoms with Gasteiger partial charge in [-0.15, -0.1) is 0 Å². The Bertz CT molecular complexity index is 219. The maximum atomic E-state index is 11.4. The first kappa shape index (κ1) is 13.9. The molecule has 0 fully saturated rings. The van der Waals surface area contributed by atoms with Crippen LogP contribution in [-0.4, -0.2) is 50.1 Å².